The second-order valence-electron chi connectivity index (χ2n) is 4.67. The van der Waals surface area contributed by atoms with Gasteiger partial charge in [0.15, 0.2) is 5.78 Å². The highest BCUT2D eigenvalue weighted by atomic mass is 16.1. The van der Waals surface area contributed by atoms with Gasteiger partial charge in [0.25, 0.3) is 0 Å². The van der Waals surface area contributed by atoms with E-state index in [0.717, 1.165) is 18.4 Å². The maximum Gasteiger partial charge on any atom is 0.166 e. The van der Waals surface area contributed by atoms with Crippen LogP contribution in [0.2, 0.25) is 0 Å². The number of hydrogen-bond donors (Lipinski definition) is 0. The van der Waals surface area contributed by atoms with Crippen LogP contribution in [-0.2, 0) is 0 Å². The third-order valence-electron chi connectivity index (χ3n) is 2.81. The average Bonchev–Trinajstić information content (AvgIpc) is 2.72. The number of rotatable bonds is 5. The minimum Gasteiger partial charge on any atom is -0.294 e. The van der Waals surface area contributed by atoms with Crippen molar-refractivity contribution in [2.45, 2.75) is 33.1 Å². The fourth-order valence-corrected chi connectivity index (χ4v) is 1.85. The van der Waals surface area contributed by atoms with Crippen molar-refractivity contribution in [3.05, 3.63) is 30.4 Å². The predicted octanol–water partition coefficient (Wildman–Crippen LogP) is 2.74. The van der Waals surface area contributed by atoms with Crippen molar-refractivity contribution >= 4 is 11.3 Å². The molecule has 2 heterocycles. The largest absolute Gasteiger partial charge is 0.294 e. The zero-order valence-electron chi connectivity index (χ0n) is 10.3. The Labute approximate surface area is 101 Å². The molecular formula is C13H17N3O. The Balaban J connectivity index is 2.09. The Hall–Kier alpha value is -1.71. The minimum atomic E-state index is 0.161. The van der Waals surface area contributed by atoms with Crippen molar-refractivity contribution in [3.8, 4) is 0 Å². The van der Waals surface area contributed by atoms with Crippen LogP contribution < -0.4 is 0 Å². The number of fused-ring (bicyclic) bond motifs is 1. The zero-order valence-corrected chi connectivity index (χ0v) is 10.3. The standard InChI is InChI=1S/C13H17N3O/c1-10(2)4-3-5-13(17)11-8-15-16-7-6-14-9-12(11)16/h6-10H,3-5H2,1-2H3. The summed E-state index contributed by atoms with van der Waals surface area (Å²) in [4.78, 5) is 16.0. The maximum absolute atomic E-state index is 12.0. The molecule has 0 saturated heterocycles. The third kappa shape index (κ3) is 2.70. The van der Waals surface area contributed by atoms with E-state index in [1.807, 2.05) is 0 Å². The van der Waals surface area contributed by atoms with Crippen LogP contribution in [0.15, 0.2) is 24.8 Å². The first-order chi connectivity index (χ1) is 8.18. The van der Waals surface area contributed by atoms with Crippen LogP contribution >= 0.6 is 0 Å². The lowest BCUT2D eigenvalue weighted by molar-refractivity contribution is 0.0980. The van der Waals surface area contributed by atoms with Gasteiger partial charge in [-0.2, -0.15) is 5.10 Å². The second kappa shape index (κ2) is 5.08. The summed E-state index contributed by atoms with van der Waals surface area (Å²) in [5.41, 5.74) is 1.48. The van der Waals surface area contributed by atoms with Gasteiger partial charge in [-0.1, -0.05) is 20.3 Å². The molecule has 0 aliphatic rings. The molecule has 0 amide bonds. The summed E-state index contributed by atoms with van der Waals surface area (Å²) in [5, 5.41) is 4.14. The van der Waals surface area contributed by atoms with Crippen LogP contribution in [0.1, 0.15) is 43.5 Å². The fourth-order valence-electron chi connectivity index (χ4n) is 1.85. The van der Waals surface area contributed by atoms with E-state index >= 15 is 0 Å². The van der Waals surface area contributed by atoms with Crippen LogP contribution in [0.3, 0.4) is 0 Å². The van der Waals surface area contributed by atoms with Gasteiger partial charge in [0.1, 0.15) is 0 Å². The van der Waals surface area contributed by atoms with Crippen molar-refractivity contribution in [2.75, 3.05) is 0 Å². The molecule has 0 saturated carbocycles. The van der Waals surface area contributed by atoms with Gasteiger partial charge in [-0.15, -0.1) is 0 Å². The van der Waals surface area contributed by atoms with Crippen molar-refractivity contribution in [2.24, 2.45) is 5.92 Å². The predicted molar refractivity (Wildman–Crippen MR) is 66.0 cm³/mol. The number of Topliss-reactive ketones (excluding diaryl/α,β-unsaturated/α-hetero) is 1. The number of nitrogens with zero attached hydrogens (tertiary/aromatic N) is 3. The molecule has 17 heavy (non-hydrogen) atoms. The van der Waals surface area contributed by atoms with Crippen molar-refractivity contribution in [1.29, 1.82) is 0 Å². The SMILES string of the molecule is CC(C)CCCC(=O)c1cnn2ccncc12. The first-order valence-electron chi connectivity index (χ1n) is 5.99. The number of ketones is 1. The second-order valence-corrected chi connectivity index (χ2v) is 4.67. The lowest BCUT2D eigenvalue weighted by Crippen LogP contribution is -2.00. The molecule has 0 unspecified atom stereocenters. The summed E-state index contributed by atoms with van der Waals surface area (Å²) in [6, 6.07) is 0. The van der Waals surface area contributed by atoms with E-state index in [1.165, 1.54) is 0 Å². The van der Waals surface area contributed by atoms with Crippen LogP contribution in [0.25, 0.3) is 5.52 Å². The molecule has 2 aromatic heterocycles. The van der Waals surface area contributed by atoms with E-state index in [-0.39, 0.29) is 5.78 Å². The molecule has 0 spiro atoms. The van der Waals surface area contributed by atoms with Gasteiger partial charge < -0.3 is 0 Å². The lowest BCUT2D eigenvalue weighted by atomic mass is 10.0. The van der Waals surface area contributed by atoms with E-state index < -0.39 is 0 Å². The molecule has 4 heteroatoms. The molecule has 0 aromatic carbocycles. The molecule has 4 nitrogen and oxygen atoms in total. The Morgan fingerprint density at radius 3 is 3.00 bits per heavy atom. The summed E-state index contributed by atoms with van der Waals surface area (Å²) < 4.78 is 1.68. The van der Waals surface area contributed by atoms with Gasteiger partial charge in [0.05, 0.1) is 23.5 Å². The first kappa shape index (κ1) is 11.8. The molecule has 0 N–H and O–H groups in total. The lowest BCUT2D eigenvalue weighted by Gasteiger charge is -2.02. The molecule has 0 aliphatic heterocycles. The highest BCUT2D eigenvalue weighted by Crippen LogP contribution is 2.14. The van der Waals surface area contributed by atoms with Gasteiger partial charge in [-0.05, 0) is 12.3 Å². The van der Waals surface area contributed by atoms with Gasteiger partial charge in [0.2, 0.25) is 0 Å². The van der Waals surface area contributed by atoms with Gasteiger partial charge in [-0.25, -0.2) is 4.52 Å². The first-order valence-corrected chi connectivity index (χ1v) is 5.99. The monoisotopic (exact) mass is 231 g/mol. The normalized spacial score (nSPS) is 11.2. The number of carbonyl (C=O) groups is 1. The van der Waals surface area contributed by atoms with E-state index in [1.54, 1.807) is 29.3 Å². The molecule has 0 fully saturated rings. The quantitative estimate of drug-likeness (QED) is 0.743. The molecule has 0 atom stereocenters. The summed E-state index contributed by atoms with van der Waals surface area (Å²) in [6.07, 6.45) is 9.34. The van der Waals surface area contributed by atoms with E-state index in [0.29, 0.717) is 17.9 Å². The summed E-state index contributed by atoms with van der Waals surface area (Å²) >= 11 is 0. The van der Waals surface area contributed by atoms with Crippen molar-refractivity contribution in [3.63, 3.8) is 0 Å². The van der Waals surface area contributed by atoms with Crippen molar-refractivity contribution in [1.82, 2.24) is 14.6 Å². The van der Waals surface area contributed by atoms with E-state index in [2.05, 4.69) is 23.9 Å². The Kier molecular flexibility index (Phi) is 3.52. The minimum absolute atomic E-state index is 0.161. The smallest absolute Gasteiger partial charge is 0.166 e. The van der Waals surface area contributed by atoms with Gasteiger partial charge in [0, 0.05) is 18.8 Å². The molecule has 2 rings (SSSR count). The summed E-state index contributed by atoms with van der Waals surface area (Å²) in [6.45, 7) is 4.34. The maximum atomic E-state index is 12.0. The average molecular weight is 231 g/mol. The van der Waals surface area contributed by atoms with Gasteiger partial charge >= 0.3 is 0 Å². The molecular weight excluding hydrogens is 214 g/mol. The number of carbonyl (C=O) groups excluding carboxylic acids is 1. The molecule has 0 aliphatic carbocycles. The number of aromatic nitrogens is 3. The highest BCUT2D eigenvalue weighted by molar-refractivity contribution is 6.01. The van der Waals surface area contributed by atoms with Crippen molar-refractivity contribution < 1.29 is 4.79 Å². The summed E-state index contributed by atoms with van der Waals surface area (Å²) in [5.74, 6) is 0.807. The van der Waals surface area contributed by atoms with Crippen LogP contribution in [-0.4, -0.2) is 20.4 Å². The summed E-state index contributed by atoms with van der Waals surface area (Å²) in [7, 11) is 0. The van der Waals surface area contributed by atoms with Crippen LogP contribution in [0.5, 0.6) is 0 Å². The fraction of sp³-hybridized carbons (Fsp3) is 0.462. The molecule has 0 radical (unpaired) electrons. The Morgan fingerprint density at radius 1 is 1.41 bits per heavy atom. The van der Waals surface area contributed by atoms with E-state index in [9.17, 15) is 4.79 Å². The highest BCUT2D eigenvalue weighted by Gasteiger charge is 2.12. The Morgan fingerprint density at radius 2 is 2.24 bits per heavy atom. The molecule has 0 bridgehead atoms. The van der Waals surface area contributed by atoms with E-state index in [4.69, 9.17) is 0 Å². The van der Waals surface area contributed by atoms with Crippen LogP contribution in [0, 0.1) is 5.92 Å². The zero-order chi connectivity index (χ0) is 12.3. The van der Waals surface area contributed by atoms with Crippen LogP contribution in [0.4, 0.5) is 0 Å². The molecule has 2 aromatic rings. The van der Waals surface area contributed by atoms with Gasteiger partial charge in [-0.3, -0.25) is 9.78 Å². The topological polar surface area (TPSA) is 47.3 Å². The number of hydrogen-bond acceptors (Lipinski definition) is 3. The Bertz CT molecular complexity index is 516. The third-order valence-corrected chi connectivity index (χ3v) is 2.81. The molecule has 90 valence electrons.